The third-order valence-electron chi connectivity index (χ3n) is 4.14. The number of benzene rings is 1. The second kappa shape index (κ2) is 5.96. The quantitative estimate of drug-likeness (QED) is 0.866. The van der Waals surface area contributed by atoms with Gasteiger partial charge in [-0.15, -0.1) is 0 Å². The third kappa shape index (κ3) is 3.97. The van der Waals surface area contributed by atoms with Crippen molar-refractivity contribution in [3.8, 4) is 0 Å². The van der Waals surface area contributed by atoms with Crippen LogP contribution >= 0.6 is 0 Å². The van der Waals surface area contributed by atoms with Crippen LogP contribution in [0.25, 0.3) is 0 Å². The molecule has 1 aromatic carbocycles. The highest BCUT2D eigenvalue weighted by Crippen LogP contribution is 2.27. The average molecular weight is 260 g/mol. The van der Waals surface area contributed by atoms with Crippen LogP contribution in [0.5, 0.6) is 0 Å². The highest BCUT2D eigenvalue weighted by molar-refractivity contribution is 5.53. The van der Waals surface area contributed by atoms with Crippen molar-refractivity contribution in [3.05, 3.63) is 29.3 Å². The van der Waals surface area contributed by atoms with Crippen molar-refractivity contribution in [2.24, 2.45) is 5.92 Å². The van der Waals surface area contributed by atoms with E-state index in [9.17, 15) is 0 Å². The highest BCUT2D eigenvalue weighted by atomic mass is 14.9. The van der Waals surface area contributed by atoms with E-state index < -0.39 is 0 Å². The maximum atomic E-state index is 3.67. The number of aryl methyl sites for hydroxylation is 1. The van der Waals surface area contributed by atoms with E-state index in [2.05, 4.69) is 56.5 Å². The molecule has 2 rings (SSSR count). The van der Waals surface area contributed by atoms with Gasteiger partial charge < -0.3 is 10.6 Å². The zero-order chi connectivity index (χ0) is 13.9. The molecule has 0 unspecified atom stereocenters. The molecule has 1 aliphatic rings. The minimum Gasteiger partial charge on any atom is -0.385 e. The lowest BCUT2D eigenvalue weighted by Gasteiger charge is -2.25. The van der Waals surface area contributed by atoms with Crippen molar-refractivity contribution in [1.29, 1.82) is 0 Å². The molecule has 0 amide bonds. The molecule has 2 N–H and O–H groups in total. The van der Waals surface area contributed by atoms with Crippen LogP contribution in [0.3, 0.4) is 0 Å². The maximum absolute atomic E-state index is 3.67. The van der Waals surface area contributed by atoms with Gasteiger partial charge in [-0.2, -0.15) is 0 Å². The van der Waals surface area contributed by atoms with Crippen molar-refractivity contribution in [3.63, 3.8) is 0 Å². The molecule has 1 heterocycles. The minimum atomic E-state index is 0.221. The Hall–Kier alpha value is -1.02. The molecule has 2 nitrogen and oxygen atoms in total. The Kier molecular flexibility index (Phi) is 4.51. The molecule has 1 saturated heterocycles. The smallest absolute Gasteiger partial charge is 0.0372 e. The number of rotatable bonds is 3. The highest BCUT2D eigenvalue weighted by Gasteiger charge is 2.16. The van der Waals surface area contributed by atoms with Crippen LogP contribution in [-0.4, -0.2) is 19.6 Å². The number of piperidine rings is 1. The Balaban J connectivity index is 2.02. The summed E-state index contributed by atoms with van der Waals surface area (Å²) in [5.74, 6) is 0.818. The number of anilines is 1. The average Bonchev–Trinajstić information content (AvgIpc) is 2.37. The van der Waals surface area contributed by atoms with Gasteiger partial charge >= 0.3 is 0 Å². The zero-order valence-corrected chi connectivity index (χ0v) is 12.8. The predicted molar refractivity (Wildman–Crippen MR) is 84.0 cm³/mol. The second-order valence-electron chi connectivity index (χ2n) is 6.85. The van der Waals surface area contributed by atoms with E-state index in [0.29, 0.717) is 0 Å². The first-order chi connectivity index (χ1) is 8.97. The normalized spacial score (nSPS) is 17.5. The van der Waals surface area contributed by atoms with E-state index in [1.807, 2.05) is 0 Å². The van der Waals surface area contributed by atoms with Crippen molar-refractivity contribution in [2.45, 2.75) is 46.0 Å². The first kappa shape index (κ1) is 14.4. The van der Waals surface area contributed by atoms with E-state index in [-0.39, 0.29) is 5.41 Å². The van der Waals surface area contributed by atoms with Gasteiger partial charge in [-0.25, -0.2) is 0 Å². The summed E-state index contributed by atoms with van der Waals surface area (Å²) in [7, 11) is 0. The first-order valence-electron chi connectivity index (χ1n) is 7.52. The van der Waals surface area contributed by atoms with E-state index in [1.165, 1.54) is 42.7 Å². The van der Waals surface area contributed by atoms with Crippen molar-refractivity contribution in [2.75, 3.05) is 25.0 Å². The molecule has 0 aromatic heterocycles. The molecule has 19 heavy (non-hydrogen) atoms. The van der Waals surface area contributed by atoms with Crippen LogP contribution in [0.15, 0.2) is 18.2 Å². The molecular weight excluding hydrogens is 232 g/mol. The molecule has 1 aromatic rings. The Bertz CT molecular complexity index is 412. The first-order valence-corrected chi connectivity index (χ1v) is 7.52. The SMILES string of the molecule is Cc1ccc(C(C)(C)C)cc1NCC1CCNCC1. The number of hydrogen-bond donors (Lipinski definition) is 2. The lowest BCUT2D eigenvalue weighted by atomic mass is 9.86. The second-order valence-corrected chi connectivity index (χ2v) is 6.85. The summed E-state index contributed by atoms with van der Waals surface area (Å²) in [6.45, 7) is 12.5. The van der Waals surface area contributed by atoms with Crippen LogP contribution in [-0.2, 0) is 5.41 Å². The fourth-order valence-electron chi connectivity index (χ4n) is 2.62. The Morgan fingerprint density at radius 3 is 2.53 bits per heavy atom. The van der Waals surface area contributed by atoms with Gasteiger partial charge in [-0.05, 0) is 61.4 Å². The van der Waals surface area contributed by atoms with Gasteiger partial charge in [0.2, 0.25) is 0 Å². The summed E-state index contributed by atoms with van der Waals surface area (Å²) < 4.78 is 0. The monoisotopic (exact) mass is 260 g/mol. The van der Waals surface area contributed by atoms with Crippen molar-refractivity contribution in [1.82, 2.24) is 5.32 Å². The largest absolute Gasteiger partial charge is 0.385 e. The van der Waals surface area contributed by atoms with Gasteiger partial charge in [-0.3, -0.25) is 0 Å². The van der Waals surface area contributed by atoms with E-state index in [0.717, 1.165) is 12.5 Å². The Morgan fingerprint density at radius 2 is 1.89 bits per heavy atom. The molecular formula is C17H28N2. The fourth-order valence-corrected chi connectivity index (χ4v) is 2.62. The molecule has 106 valence electrons. The van der Waals surface area contributed by atoms with Crippen LogP contribution < -0.4 is 10.6 Å². The van der Waals surface area contributed by atoms with E-state index >= 15 is 0 Å². The standard InChI is InChI=1S/C17H28N2/c1-13-5-6-15(17(2,3)4)11-16(13)19-12-14-7-9-18-10-8-14/h5-6,11,14,18-19H,7-10,12H2,1-4H3. The molecule has 1 aliphatic heterocycles. The summed E-state index contributed by atoms with van der Waals surface area (Å²) in [5, 5.41) is 7.09. The summed E-state index contributed by atoms with van der Waals surface area (Å²) in [6, 6.07) is 6.83. The summed E-state index contributed by atoms with van der Waals surface area (Å²) in [4.78, 5) is 0. The van der Waals surface area contributed by atoms with Gasteiger partial charge in [0.05, 0.1) is 0 Å². The summed E-state index contributed by atoms with van der Waals surface area (Å²) >= 11 is 0. The molecule has 0 aliphatic carbocycles. The predicted octanol–water partition coefficient (Wildman–Crippen LogP) is 3.70. The Labute approximate surface area is 118 Å². The third-order valence-corrected chi connectivity index (χ3v) is 4.14. The number of nitrogens with one attached hydrogen (secondary N) is 2. The van der Waals surface area contributed by atoms with Crippen molar-refractivity contribution >= 4 is 5.69 Å². The van der Waals surface area contributed by atoms with Crippen LogP contribution in [0, 0.1) is 12.8 Å². The van der Waals surface area contributed by atoms with E-state index in [1.54, 1.807) is 0 Å². The molecule has 0 spiro atoms. The molecule has 0 bridgehead atoms. The lowest BCUT2D eigenvalue weighted by Crippen LogP contribution is -2.31. The number of hydrogen-bond acceptors (Lipinski definition) is 2. The minimum absolute atomic E-state index is 0.221. The van der Waals surface area contributed by atoms with E-state index in [4.69, 9.17) is 0 Å². The molecule has 0 radical (unpaired) electrons. The van der Waals surface area contributed by atoms with Crippen molar-refractivity contribution < 1.29 is 0 Å². The topological polar surface area (TPSA) is 24.1 Å². The summed E-state index contributed by atoms with van der Waals surface area (Å²) in [6.07, 6.45) is 2.59. The van der Waals surface area contributed by atoms with Gasteiger partial charge in [0.25, 0.3) is 0 Å². The summed E-state index contributed by atoms with van der Waals surface area (Å²) in [5.41, 5.74) is 4.29. The van der Waals surface area contributed by atoms with Gasteiger partial charge in [0.15, 0.2) is 0 Å². The van der Waals surface area contributed by atoms with Gasteiger partial charge in [0.1, 0.15) is 0 Å². The Morgan fingerprint density at radius 1 is 1.21 bits per heavy atom. The van der Waals surface area contributed by atoms with Crippen LogP contribution in [0.2, 0.25) is 0 Å². The van der Waals surface area contributed by atoms with Crippen LogP contribution in [0.1, 0.15) is 44.7 Å². The fraction of sp³-hybridized carbons (Fsp3) is 0.647. The molecule has 0 saturated carbocycles. The van der Waals surface area contributed by atoms with Crippen LogP contribution in [0.4, 0.5) is 5.69 Å². The maximum Gasteiger partial charge on any atom is 0.0372 e. The molecule has 1 fully saturated rings. The zero-order valence-electron chi connectivity index (χ0n) is 12.8. The van der Waals surface area contributed by atoms with Gasteiger partial charge in [0, 0.05) is 12.2 Å². The lowest BCUT2D eigenvalue weighted by molar-refractivity contribution is 0.390. The molecule has 2 heteroatoms. The molecule has 0 atom stereocenters. The van der Waals surface area contributed by atoms with Gasteiger partial charge in [-0.1, -0.05) is 32.9 Å².